The number of anilines is 2. The van der Waals surface area contributed by atoms with E-state index in [1.807, 2.05) is 18.2 Å². The van der Waals surface area contributed by atoms with Gasteiger partial charge in [0, 0.05) is 46.8 Å². The molecule has 0 spiro atoms. The van der Waals surface area contributed by atoms with Crippen LogP contribution in [-0.4, -0.2) is 66.2 Å². The molecule has 2 aromatic rings. The van der Waals surface area contributed by atoms with Crippen LogP contribution in [0.5, 0.6) is 5.75 Å². The maximum absolute atomic E-state index is 12.3. The van der Waals surface area contributed by atoms with Crippen LogP contribution in [0.15, 0.2) is 33.9 Å². The Morgan fingerprint density at radius 1 is 1.06 bits per heavy atom. The molecular formula is C22H31N5O4. The lowest BCUT2D eigenvalue weighted by atomic mass is 10.2. The molecule has 0 bridgehead atoms. The number of benzene rings is 1. The molecule has 0 atom stereocenters. The Hall–Kier alpha value is -3.07. The molecule has 0 saturated carbocycles. The summed E-state index contributed by atoms with van der Waals surface area (Å²) < 4.78 is 7.76. The number of para-hydroxylation sites is 2. The number of rotatable bonds is 8. The summed E-state index contributed by atoms with van der Waals surface area (Å²) in [6.07, 6.45) is 0.829. The van der Waals surface area contributed by atoms with E-state index in [2.05, 4.69) is 21.2 Å². The first-order valence-corrected chi connectivity index (χ1v) is 10.5. The van der Waals surface area contributed by atoms with E-state index >= 15 is 0 Å². The van der Waals surface area contributed by atoms with Crippen molar-refractivity contribution in [2.75, 3.05) is 56.6 Å². The summed E-state index contributed by atoms with van der Waals surface area (Å²) >= 11 is 0. The van der Waals surface area contributed by atoms with Gasteiger partial charge in [-0.05, 0) is 32.0 Å². The van der Waals surface area contributed by atoms with E-state index < -0.39 is 11.2 Å². The number of hydrogen-bond donors (Lipinski definition) is 1. The molecule has 3 rings (SSSR count). The van der Waals surface area contributed by atoms with Crippen molar-refractivity contribution in [1.29, 1.82) is 0 Å². The smallest absolute Gasteiger partial charge is 0.332 e. The van der Waals surface area contributed by atoms with E-state index in [1.165, 1.54) is 18.5 Å². The van der Waals surface area contributed by atoms with Gasteiger partial charge in [0.2, 0.25) is 0 Å². The molecule has 1 aromatic carbocycles. The number of methoxy groups -OCH3 is 1. The molecule has 1 N–H and O–H groups in total. The molecule has 168 valence electrons. The van der Waals surface area contributed by atoms with E-state index in [-0.39, 0.29) is 11.3 Å². The van der Waals surface area contributed by atoms with Gasteiger partial charge in [-0.3, -0.25) is 23.6 Å². The van der Waals surface area contributed by atoms with E-state index in [9.17, 15) is 14.4 Å². The van der Waals surface area contributed by atoms with Crippen molar-refractivity contribution in [2.24, 2.45) is 14.1 Å². The zero-order valence-electron chi connectivity index (χ0n) is 18.7. The van der Waals surface area contributed by atoms with Crippen LogP contribution in [0.25, 0.3) is 0 Å². The van der Waals surface area contributed by atoms with Gasteiger partial charge < -0.3 is 15.0 Å². The van der Waals surface area contributed by atoms with Crippen molar-refractivity contribution in [3.05, 3.63) is 50.7 Å². The number of hydrogen-bond acceptors (Lipinski definition) is 7. The van der Waals surface area contributed by atoms with Gasteiger partial charge in [0.15, 0.2) is 5.78 Å². The fourth-order valence-corrected chi connectivity index (χ4v) is 3.98. The van der Waals surface area contributed by atoms with Crippen molar-refractivity contribution in [3.63, 3.8) is 0 Å². The molecule has 1 aliphatic rings. The van der Waals surface area contributed by atoms with E-state index in [0.717, 1.165) is 55.1 Å². The summed E-state index contributed by atoms with van der Waals surface area (Å²) in [4.78, 5) is 41.3. The summed E-state index contributed by atoms with van der Waals surface area (Å²) in [6.45, 7) is 6.53. The van der Waals surface area contributed by atoms with Crippen LogP contribution in [-0.2, 0) is 14.1 Å². The lowest BCUT2D eigenvalue weighted by molar-refractivity contribution is 0.101. The number of piperazine rings is 1. The topological polar surface area (TPSA) is 88.8 Å². The average molecular weight is 430 g/mol. The van der Waals surface area contributed by atoms with Crippen molar-refractivity contribution < 1.29 is 9.53 Å². The predicted octanol–water partition coefficient (Wildman–Crippen LogP) is 0.919. The predicted molar refractivity (Wildman–Crippen MR) is 122 cm³/mol. The zero-order chi connectivity index (χ0) is 22.5. The van der Waals surface area contributed by atoms with Gasteiger partial charge in [0.25, 0.3) is 5.56 Å². The lowest BCUT2D eigenvalue weighted by Gasteiger charge is -2.36. The molecule has 0 radical (unpaired) electrons. The number of ether oxygens (including phenoxy) is 1. The van der Waals surface area contributed by atoms with Crippen LogP contribution in [0.3, 0.4) is 0 Å². The minimum atomic E-state index is -0.564. The lowest BCUT2D eigenvalue weighted by Crippen LogP contribution is -2.47. The molecule has 31 heavy (non-hydrogen) atoms. The second kappa shape index (κ2) is 9.82. The number of carbonyl (C=O) groups excluding carboxylic acids is 1. The van der Waals surface area contributed by atoms with Crippen molar-refractivity contribution in [2.45, 2.75) is 13.3 Å². The highest BCUT2D eigenvalue weighted by Gasteiger charge is 2.20. The molecular weight excluding hydrogens is 398 g/mol. The number of ketones is 1. The summed E-state index contributed by atoms with van der Waals surface area (Å²) in [5.41, 5.74) is 0.125. The molecule has 1 aromatic heterocycles. The largest absolute Gasteiger partial charge is 0.495 e. The average Bonchev–Trinajstić information content (AvgIpc) is 2.78. The van der Waals surface area contributed by atoms with Gasteiger partial charge in [-0.15, -0.1) is 0 Å². The third-order valence-corrected chi connectivity index (χ3v) is 5.76. The Morgan fingerprint density at radius 3 is 2.39 bits per heavy atom. The fourth-order valence-electron chi connectivity index (χ4n) is 3.98. The molecule has 1 aliphatic heterocycles. The van der Waals surface area contributed by atoms with Crippen molar-refractivity contribution in [1.82, 2.24) is 14.0 Å². The summed E-state index contributed by atoms with van der Waals surface area (Å²) in [6, 6.07) is 8.06. The molecule has 0 amide bonds. The molecule has 9 nitrogen and oxygen atoms in total. The van der Waals surface area contributed by atoms with Crippen LogP contribution < -0.4 is 26.2 Å². The summed E-state index contributed by atoms with van der Waals surface area (Å²) in [5, 5.41) is 3.14. The first-order chi connectivity index (χ1) is 14.8. The molecule has 1 fully saturated rings. The third-order valence-electron chi connectivity index (χ3n) is 5.76. The Labute approximate surface area is 181 Å². The highest BCUT2D eigenvalue weighted by atomic mass is 16.5. The highest BCUT2D eigenvalue weighted by molar-refractivity contribution is 5.98. The van der Waals surface area contributed by atoms with Crippen molar-refractivity contribution in [3.8, 4) is 5.75 Å². The van der Waals surface area contributed by atoms with E-state index in [0.29, 0.717) is 12.4 Å². The van der Waals surface area contributed by atoms with Crippen LogP contribution in [0, 0.1) is 0 Å². The Kier molecular flexibility index (Phi) is 7.17. The standard InChI is InChI=1S/C22H31N5O4/c1-16(28)19-20(24(2)22(30)25(3)21(19)29)23-10-7-11-26-12-14-27(15-13-26)17-8-5-6-9-18(17)31-4/h5-6,8-9,23H,7,10-15H2,1-4H3. The summed E-state index contributed by atoms with van der Waals surface area (Å²) in [5.74, 6) is 0.828. The second-order valence-corrected chi connectivity index (χ2v) is 7.77. The van der Waals surface area contributed by atoms with Gasteiger partial charge in [-0.1, -0.05) is 12.1 Å². The van der Waals surface area contributed by atoms with Gasteiger partial charge in [0.1, 0.15) is 17.1 Å². The van der Waals surface area contributed by atoms with Crippen LogP contribution >= 0.6 is 0 Å². The number of Topliss-reactive ketones (excluding diaryl/α,β-unsaturated/α-hetero) is 1. The van der Waals surface area contributed by atoms with E-state index in [4.69, 9.17) is 4.74 Å². The monoisotopic (exact) mass is 429 g/mol. The maximum atomic E-state index is 12.3. The Bertz CT molecular complexity index is 1050. The summed E-state index contributed by atoms with van der Waals surface area (Å²) in [7, 11) is 4.64. The molecule has 0 unspecified atom stereocenters. The van der Waals surface area contributed by atoms with Crippen molar-refractivity contribution >= 4 is 17.3 Å². The normalized spacial score (nSPS) is 14.5. The zero-order valence-corrected chi connectivity index (χ0v) is 18.7. The Balaban J connectivity index is 1.54. The quantitative estimate of drug-likeness (QED) is 0.493. The van der Waals surface area contributed by atoms with Crippen LogP contribution in [0.1, 0.15) is 23.7 Å². The Morgan fingerprint density at radius 2 is 1.74 bits per heavy atom. The van der Waals surface area contributed by atoms with Crippen LogP contribution in [0.4, 0.5) is 11.5 Å². The van der Waals surface area contributed by atoms with Gasteiger partial charge in [-0.2, -0.15) is 0 Å². The second-order valence-electron chi connectivity index (χ2n) is 7.77. The van der Waals surface area contributed by atoms with Gasteiger partial charge in [0.05, 0.1) is 12.8 Å². The number of nitrogens with one attached hydrogen (secondary N) is 1. The van der Waals surface area contributed by atoms with Gasteiger partial charge in [-0.25, -0.2) is 4.79 Å². The van der Waals surface area contributed by atoms with Crippen LogP contribution in [0.2, 0.25) is 0 Å². The van der Waals surface area contributed by atoms with Gasteiger partial charge >= 0.3 is 5.69 Å². The minimum absolute atomic E-state index is 0.0232. The minimum Gasteiger partial charge on any atom is -0.495 e. The number of nitrogens with zero attached hydrogens (tertiary/aromatic N) is 4. The first-order valence-electron chi connectivity index (χ1n) is 10.5. The number of carbonyl (C=O) groups is 1. The molecule has 1 saturated heterocycles. The SMILES string of the molecule is COc1ccccc1N1CCN(CCCNc2c(C(C)=O)c(=O)n(C)c(=O)n2C)CC1. The molecule has 9 heteroatoms. The number of aromatic nitrogens is 2. The highest BCUT2D eigenvalue weighted by Crippen LogP contribution is 2.28. The maximum Gasteiger partial charge on any atom is 0.332 e. The third kappa shape index (κ3) is 4.82. The molecule has 0 aliphatic carbocycles. The fraction of sp³-hybridized carbons (Fsp3) is 0.500. The molecule has 2 heterocycles. The van der Waals surface area contributed by atoms with E-state index in [1.54, 1.807) is 14.2 Å². The first kappa shape index (κ1) is 22.6.